The maximum atomic E-state index is 12.4. The van der Waals surface area contributed by atoms with Crippen LogP contribution in [0, 0.1) is 0 Å². The lowest BCUT2D eigenvalue weighted by molar-refractivity contribution is 0.0377. The lowest BCUT2D eigenvalue weighted by atomic mass is 10.4. The molecule has 1 heterocycles. The van der Waals surface area contributed by atoms with E-state index in [2.05, 4.69) is 5.43 Å². The van der Waals surface area contributed by atoms with Crippen molar-refractivity contribution in [2.75, 3.05) is 0 Å². The minimum absolute atomic E-state index is 0.213. The summed E-state index contributed by atoms with van der Waals surface area (Å²) in [6.07, 6.45) is -1.10. The minimum atomic E-state index is -0.984. The molecule has 0 fully saturated rings. The summed E-state index contributed by atoms with van der Waals surface area (Å²) in [7, 11) is 1.64. The zero-order valence-electron chi connectivity index (χ0n) is 13.3. The lowest BCUT2D eigenvalue weighted by Gasteiger charge is -2.22. The largest absolute Gasteiger partial charge is 0.446 e. The van der Waals surface area contributed by atoms with Crippen LogP contribution in [-0.2, 0) is 16.5 Å². The summed E-state index contributed by atoms with van der Waals surface area (Å²) < 4.78 is 11.4. The Morgan fingerprint density at radius 2 is 1.73 bits per heavy atom. The van der Waals surface area contributed by atoms with E-state index in [9.17, 15) is 14.4 Å². The number of carbonyl (C=O) groups excluding carboxylic acids is 3. The van der Waals surface area contributed by atoms with Gasteiger partial charge in [0.05, 0.1) is 12.2 Å². The number of imide groups is 1. The maximum absolute atomic E-state index is 12.4. The van der Waals surface area contributed by atoms with E-state index in [-0.39, 0.29) is 5.69 Å². The monoisotopic (exact) mass is 311 g/mol. The van der Waals surface area contributed by atoms with Gasteiger partial charge in [0.1, 0.15) is 5.69 Å². The smallest absolute Gasteiger partial charge is 0.436 e. The molecule has 0 bridgehead atoms. The number of hydrogen-bond acceptors (Lipinski definition) is 5. The van der Waals surface area contributed by atoms with E-state index >= 15 is 0 Å². The van der Waals surface area contributed by atoms with Gasteiger partial charge in [0.25, 0.3) is 5.91 Å². The van der Waals surface area contributed by atoms with Crippen LogP contribution in [0.4, 0.5) is 9.59 Å². The van der Waals surface area contributed by atoms with Crippen LogP contribution in [0.15, 0.2) is 18.3 Å². The van der Waals surface area contributed by atoms with E-state index in [1.165, 1.54) is 10.6 Å². The van der Waals surface area contributed by atoms with Crippen molar-refractivity contribution in [1.82, 2.24) is 15.0 Å². The van der Waals surface area contributed by atoms with Crippen molar-refractivity contribution in [2.45, 2.75) is 39.9 Å². The average Bonchev–Trinajstić information content (AvgIpc) is 2.79. The zero-order valence-corrected chi connectivity index (χ0v) is 13.3. The van der Waals surface area contributed by atoms with Gasteiger partial charge in [-0.15, -0.1) is 5.01 Å². The molecule has 122 valence electrons. The Morgan fingerprint density at radius 1 is 1.14 bits per heavy atom. The number of aryl methyl sites for hydroxylation is 1. The third kappa shape index (κ3) is 4.80. The first-order chi connectivity index (χ1) is 10.2. The van der Waals surface area contributed by atoms with Crippen LogP contribution in [0.5, 0.6) is 0 Å². The zero-order chi connectivity index (χ0) is 16.9. The van der Waals surface area contributed by atoms with Crippen molar-refractivity contribution < 1.29 is 23.9 Å². The predicted molar refractivity (Wildman–Crippen MR) is 78.0 cm³/mol. The van der Waals surface area contributed by atoms with Gasteiger partial charge in [-0.05, 0) is 39.8 Å². The molecule has 8 nitrogen and oxygen atoms in total. The summed E-state index contributed by atoms with van der Waals surface area (Å²) in [6, 6.07) is 3.17. The Balaban J connectivity index is 2.95. The first kappa shape index (κ1) is 17.5. The third-order valence-corrected chi connectivity index (χ3v) is 2.43. The van der Waals surface area contributed by atoms with Gasteiger partial charge in [0.2, 0.25) is 0 Å². The Bertz CT molecular complexity index is 550. The number of ether oxygens (including phenoxy) is 2. The van der Waals surface area contributed by atoms with E-state index in [0.717, 1.165) is 0 Å². The van der Waals surface area contributed by atoms with E-state index in [4.69, 9.17) is 9.47 Å². The van der Waals surface area contributed by atoms with Crippen molar-refractivity contribution in [3.05, 3.63) is 24.0 Å². The van der Waals surface area contributed by atoms with Crippen molar-refractivity contribution in [3.8, 4) is 0 Å². The average molecular weight is 311 g/mol. The molecule has 0 unspecified atom stereocenters. The van der Waals surface area contributed by atoms with Crippen molar-refractivity contribution in [1.29, 1.82) is 0 Å². The molecule has 0 saturated carbocycles. The van der Waals surface area contributed by atoms with Crippen molar-refractivity contribution >= 4 is 18.1 Å². The molecular formula is C14H21N3O5. The Morgan fingerprint density at radius 3 is 2.18 bits per heavy atom. The quantitative estimate of drug-likeness (QED) is 0.863. The van der Waals surface area contributed by atoms with Crippen LogP contribution in [0.25, 0.3) is 0 Å². The SMILES string of the molecule is CC(C)OC(=O)NN(C(=O)OC(C)C)C(=O)c1cccn1C. The van der Waals surface area contributed by atoms with Crippen LogP contribution in [-0.4, -0.2) is 39.9 Å². The minimum Gasteiger partial charge on any atom is -0.446 e. The number of aromatic nitrogens is 1. The van der Waals surface area contributed by atoms with Gasteiger partial charge in [-0.25, -0.2) is 15.0 Å². The van der Waals surface area contributed by atoms with Gasteiger partial charge in [-0.1, -0.05) is 0 Å². The van der Waals surface area contributed by atoms with Gasteiger partial charge >= 0.3 is 12.2 Å². The Kier molecular flexibility index (Phi) is 5.97. The number of carbonyl (C=O) groups is 3. The molecule has 1 rings (SSSR count). The summed E-state index contributed by atoms with van der Waals surface area (Å²) in [5.74, 6) is -0.723. The van der Waals surface area contributed by atoms with Gasteiger partial charge in [-0.2, -0.15) is 0 Å². The van der Waals surface area contributed by atoms with Crippen LogP contribution in [0.2, 0.25) is 0 Å². The topological polar surface area (TPSA) is 89.9 Å². The number of hydrogen-bond donors (Lipinski definition) is 1. The van der Waals surface area contributed by atoms with Crippen molar-refractivity contribution in [3.63, 3.8) is 0 Å². The summed E-state index contributed by atoms with van der Waals surface area (Å²) >= 11 is 0. The summed E-state index contributed by atoms with van der Waals surface area (Å²) in [5.41, 5.74) is 2.32. The normalized spacial score (nSPS) is 10.5. The first-order valence-corrected chi connectivity index (χ1v) is 6.86. The van der Waals surface area contributed by atoms with Crippen LogP contribution in [0.3, 0.4) is 0 Å². The molecule has 0 aliphatic rings. The fourth-order valence-corrected chi connectivity index (χ4v) is 1.56. The molecule has 3 amide bonds. The maximum Gasteiger partial charge on any atom is 0.436 e. The van der Waals surface area contributed by atoms with E-state index in [1.807, 2.05) is 0 Å². The van der Waals surface area contributed by atoms with Gasteiger partial charge in [-0.3, -0.25) is 4.79 Å². The highest BCUT2D eigenvalue weighted by atomic mass is 16.6. The highest BCUT2D eigenvalue weighted by Gasteiger charge is 2.29. The van der Waals surface area contributed by atoms with Gasteiger partial charge in [0.15, 0.2) is 0 Å². The molecule has 8 heteroatoms. The third-order valence-electron chi connectivity index (χ3n) is 2.43. The number of rotatable bonds is 3. The lowest BCUT2D eigenvalue weighted by Crippen LogP contribution is -2.51. The van der Waals surface area contributed by atoms with Crippen LogP contribution in [0.1, 0.15) is 38.2 Å². The molecule has 22 heavy (non-hydrogen) atoms. The second-order valence-electron chi connectivity index (χ2n) is 5.14. The number of nitrogens with one attached hydrogen (secondary N) is 1. The standard InChI is InChI=1S/C14H21N3O5/c1-9(2)21-13(19)15-17(14(20)22-10(3)4)12(18)11-7-6-8-16(11)5/h6-10H,1-5H3,(H,15,19). The molecule has 0 aromatic carbocycles. The molecular weight excluding hydrogens is 290 g/mol. The first-order valence-electron chi connectivity index (χ1n) is 6.86. The molecule has 0 atom stereocenters. The molecule has 1 aromatic heterocycles. The summed E-state index contributed by atoms with van der Waals surface area (Å²) in [5, 5.41) is 0.500. The Hall–Kier alpha value is -2.51. The Labute approximate surface area is 128 Å². The molecule has 0 saturated heterocycles. The predicted octanol–water partition coefficient (Wildman–Crippen LogP) is 2.06. The van der Waals surface area contributed by atoms with Gasteiger partial charge < -0.3 is 14.0 Å². The van der Waals surface area contributed by atoms with Crippen LogP contribution < -0.4 is 5.43 Å². The fourth-order valence-electron chi connectivity index (χ4n) is 1.56. The fraction of sp³-hybridized carbons (Fsp3) is 0.500. The number of amides is 3. The van der Waals surface area contributed by atoms with E-state index in [1.54, 1.807) is 47.0 Å². The summed E-state index contributed by atoms with van der Waals surface area (Å²) in [6.45, 7) is 6.57. The molecule has 0 aliphatic carbocycles. The summed E-state index contributed by atoms with van der Waals surface area (Å²) in [4.78, 5) is 36.1. The van der Waals surface area contributed by atoms with Gasteiger partial charge in [0, 0.05) is 13.2 Å². The highest BCUT2D eigenvalue weighted by molar-refractivity contribution is 6.02. The second kappa shape index (κ2) is 7.48. The number of hydrazine groups is 1. The van der Waals surface area contributed by atoms with Crippen LogP contribution >= 0.6 is 0 Å². The van der Waals surface area contributed by atoms with E-state index < -0.39 is 30.3 Å². The molecule has 1 N–H and O–H groups in total. The van der Waals surface area contributed by atoms with Crippen molar-refractivity contribution in [2.24, 2.45) is 7.05 Å². The number of nitrogens with zero attached hydrogens (tertiary/aromatic N) is 2. The second-order valence-corrected chi connectivity index (χ2v) is 5.14. The molecule has 1 aromatic rings. The molecule has 0 aliphatic heterocycles. The molecule has 0 radical (unpaired) electrons. The highest BCUT2D eigenvalue weighted by Crippen LogP contribution is 2.07. The van der Waals surface area contributed by atoms with E-state index in [0.29, 0.717) is 5.01 Å². The molecule has 0 spiro atoms.